The number of allylic oxidation sites excluding steroid dienone is 2. The van der Waals surface area contributed by atoms with Crippen LogP contribution in [0, 0.1) is 32.7 Å². The van der Waals surface area contributed by atoms with Gasteiger partial charge in [0.1, 0.15) is 0 Å². The average Bonchev–Trinajstić information content (AvgIpc) is 2.62. The van der Waals surface area contributed by atoms with E-state index in [1.807, 2.05) is 0 Å². The van der Waals surface area contributed by atoms with Crippen molar-refractivity contribution >= 4 is 32.6 Å². The Kier molecular flexibility index (Phi) is 7.72. The SMILES string of the molecule is C/C=C(\C)C(=O)OI(OC(=O)/C(C)=C/C)c1c(F)c(F)c(F)c(F)c1F. The minimum atomic E-state index is -4.40. The molecule has 0 saturated carbocycles. The Morgan fingerprint density at radius 1 is 0.731 bits per heavy atom. The number of hydrogen-bond donors (Lipinski definition) is 0. The summed E-state index contributed by atoms with van der Waals surface area (Å²) in [6.07, 6.45) is 2.60. The van der Waals surface area contributed by atoms with E-state index in [1.54, 1.807) is 0 Å². The fraction of sp³-hybridized carbons (Fsp3) is 0.250. The molecule has 0 unspecified atom stereocenters. The monoisotopic (exact) mass is 492 g/mol. The second-order valence-corrected chi connectivity index (χ2v) is 7.97. The summed E-state index contributed by atoms with van der Waals surface area (Å²) in [4.78, 5) is 23.7. The van der Waals surface area contributed by atoms with E-state index in [9.17, 15) is 31.5 Å². The third-order valence-corrected chi connectivity index (χ3v) is 6.53. The maximum absolute atomic E-state index is 14.0. The molecule has 0 amide bonds. The van der Waals surface area contributed by atoms with E-state index in [4.69, 9.17) is 6.13 Å². The Morgan fingerprint density at radius 2 is 1.04 bits per heavy atom. The summed E-state index contributed by atoms with van der Waals surface area (Å²) in [6, 6.07) is 0. The summed E-state index contributed by atoms with van der Waals surface area (Å²) in [6.45, 7) is 5.52. The molecule has 1 aromatic carbocycles. The van der Waals surface area contributed by atoms with Gasteiger partial charge >= 0.3 is 154 Å². The number of carbonyl (C=O) groups excluding carboxylic acids is 2. The van der Waals surface area contributed by atoms with E-state index >= 15 is 0 Å². The van der Waals surface area contributed by atoms with Gasteiger partial charge in [0.25, 0.3) is 0 Å². The fourth-order valence-corrected chi connectivity index (χ4v) is 4.49. The zero-order valence-corrected chi connectivity index (χ0v) is 16.2. The van der Waals surface area contributed by atoms with Crippen molar-refractivity contribution in [3.05, 3.63) is 56.0 Å². The zero-order valence-electron chi connectivity index (χ0n) is 14.1. The first-order valence-corrected chi connectivity index (χ1v) is 9.83. The van der Waals surface area contributed by atoms with E-state index in [2.05, 4.69) is 0 Å². The number of halogens is 6. The van der Waals surface area contributed by atoms with Gasteiger partial charge in [-0.2, -0.15) is 0 Å². The first-order chi connectivity index (χ1) is 12.1. The first kappa shape index (κ1) is 22.1. The van der Waals surface area contributed by atoms with Crippen molar-refractivity contribution in [2.45, 2.75) is 27.7 Å². The quantitative estimate of drug-likeness (QED) is 0.193. The van der Waals surface area contributed by atoms with Crippen molar-refractivity contribution in [2.24, 2.45) is 0 Å². The molecule has 10 heteroatoms. The van der Waals surface area contributed by atoms with Crippen LogP contribution in [0.3, 0.4) is 0 Å². The van der Waals surface area contributed by atoms with E-state index in [0.717, 1.165) is 0 Å². The van der Waals surface area contributed by atoms with E-state index < -0.39 is 65.2 Å². The standard InChI is InChI=1S/C16H14F5IO4/c1-5-7(3)15(23)25-22(26-16(24)8(4)6-2)14-12(20)10(18)9(17)11(19)13(14)21/h5-6H,1-4H3/b7-5+,8-6+. The molecule has 1 aromatic rings. The van der Waals surface area contributed by atoms with Crippen LogP contribution in [0.5, 0.6) is 0 Å². The van der Waals surface area contributed by atoms with Gasteiger partial charge < -0.3 is 0 Å². The molecule has 0 atom stereocenters. The molecule has 0 fully saturated rings. The Balaban J connectivity index is 3.51. The van der Waals surface area contributed by atoms with Crippen LogP contribution in [0.15, 0.2) is 23.3 Å². The molecule has 0 aliphatic rings. The van der Waals surface area contributed by atoms with Crippen molar-refractivity contribution in [1.29, 1.82) is 0 Å². The van der Waals surface area contributed by atoms with Crippen molar-refractivity contribution in [2.75, 3.05) is 0 Å². The molecule has 0 aromatic heterocycles. The average molecular weight is 492 g/mol. The molecule has 4 nitrogen and oxygen atoms in total. The Bertz CT molecular complexity index is 743. The van der Waals surface area contributed by atoms with Crippen LogP contribution in [-0.4, -0.2) is 11.9 Å². The summed E-state index contributed by atoms with van der Waals surface area (Å²) in [5.74, 6) is -13.4. The summed E-state index contributed by atoms with van der Waals surface area (Å²) >= 11 is -4.40. The van der Waals surface area contributed by atoms with Crippen LogP contribution in [0.4, 0.5) is 22.0 Å². The van der Waals surface area contributed by atoms with Crippen LogP contribution in [-0.2, 0) is 15.7 Å². The minimum absolute atomic E-state index is 0.00465. The molecule has 1 rings (SSSR count). The zero-order chi connectivity index (χ0) is 20.2. The summed E-state index contributed by atoms with van der Waals surface area (Å²) in [5, 5.41) is 0. The maximum atomic E-state index is 14.0. The number of carbonyl (C=O) groups is 2. The molecule has 0 aliphatic carbocycles. The summed E-state index contributed by atoms with van der Waals surface area (Å²) < 4.78 is 76.3. The topological polar surface area (TPSA) is 52.6 Å². The van der Waals surface area contributed by atoms with Crippen molar-refractivity contribution < 1.29 is 37.7 Å². The molecule has 0 heterocycles. The van der Waals surface area contributed by atoms with Crippen LogP contribution in [0.1, 0.15) is 27.7 Å². The van der Waals surface area contributed by atoms with Crippen LogP contribution < -0.4 is 0 Å². The molecule has 0 saturated heterocycles. The number of rotatable bonds is 5. The summed E-state index contributed by atoms with van der Waals surface area (Å²) in [7, 11) is 0. The molecule has 0 spiro atoms. The fourth-order valence-electron chi connectivity index (χ4n) is 1.29. The van der Waals surface area contributed by atoms with Gasteiger partial charge in [-0.25, -0.2) is 0 Å². The molecular formula is C16H14F5IO4. The van der Waals surface area contributed by atoms with E-state index in [0.29, 0.717) is 0 Å². The van der Waals surface area contributed by atoms with Gasteiger partial charge in [-0.3, -0.25) is 0 Å². The third kappa shape index (κ3) is 4.59. The molecule has 0 N–H and O–H groups in total. The second kappa shape index (κ2) is 9.10. The Labute approximate surface area is 154 Å². The van der Waals surface area contributed by atoms with E-state index in [1.165, 1.54) is 39.8 Å². The molecular weight excluding hydrogens is 478 g/mol. The number of benzene rings is 1. The van der Waals surface area contributed by atoms with Gasteiger partial charge in [-0.1, -0.05) is 0 Å². The van der Waals surface area contributed by atoms with Crippen LogP contribution in [0.25, 0.3) is 0 Å². The van der Waals surface area contributed by atoms with Gasteiger partial charge in [0.05, 0.1) is 0 Å². The van der Waals surface area contributed by atoms with Crippen LogP contribution >= 0.6 is 20.6 Å². The predicted octanol–water partition coefficient (Wildman–Crippen LogP) is 4.91. The van der Waals surface area contributed by atoms with Gasteiger partial charge in [-0.15, -0.1) is 0 Å². The van der Waals surface area contributed by atoms with Gasteiger partial charge in [0.2, 0.25) is 0 Å². The molecule has 26 heavy (non-hydrogen) atoms. The van der Waals surface area contributed by atoms with Crippen molar-refractivity contribution in [1.82, 2.24) is 0 Å². The second-order valence-electron chi connectivity index (χ2n) is 4.77. The van der Waals surface area contributed by atoms with Crippen LogP contribution in [0.2, 0.25) is 0 Å². The van der Waals surface area contributed by atoms with Gasteiger partial charge in [0.15, 0.2) is 0 Å². The van der Waals surface area contributed by atoms with E-state index in [-0.39, 0.29) is 11.1 Å². The summed E-state index contributed by atoms with van der Waals surface area (Å²) in [5.41, 5.74) is -0.00930. The number of hydrogen-bond acceptors (Lipinski definition) is 4. The first-order valence-electron chi connectivity index (χ1n) is 6.99. The molecule has 0 radical (unpaired) electrons. The third-order valence-electron chi connectivity index (χ3n) is 3.10. The molecule has 144 valence electrons. The van der Waals surface area contributed by atoms with Gasteiger partial charge in [-0.05, 0) is 0 Å². The molecule has 0 aliphatic heterocycles. The Morgan fingerprint density at radius 3 is 1.35 bits per heavy atom. The Hall–Kier alpha value is -1.98. The van der Waals surface area contributed by atoms with Crippen molar-refractivity contribution in [3.63, 3.8) is 0 Å². The van der Waals surface area contributed by atoms with Crippen molar-refractivity contribution in [3.8, 4) is 0 Å². The van der Waals surface area contributed by atoms with Gasteiger partial charge in [0, 0.05) is 0 Å². The normalized spacial score (nSPS) is 12.7. The predicted molar refractivity (Wildman–Crippen MR) is 90.0 cm³/mol. The molecule has 0 bridgehead atoms.